The van der Waals surface area contributed by atoms with Crippen LogP contribution in [0.4, 0.5) is 10.1 Å². The van der Waals surface area contributed by atoms with E-state index in [-0.39, 0.29) is 17.8 Å². The van der Waals surface area contributed by atoms with Crippen LogP contribution in [0.2, 0.25) is 0 Å². The zero-order valence-electron chi connectivity index (χ0n) is 10.3. The SMILES string of the molecule is CCC(CC)(CO)CNc1cc(F)ccc1Br. The van der Waals surface area contributed by atoms with E-state index in [4.69, 9.17) is 0 Å². The minimum Gasteiger partial charge on any atom is -0.396 e. The second kappa shape index (κ2) is 6.36. The number of benzene rings is 1. The van der Waals surface area contributed by atoms with Gasteiger partial charge in [0.1, 0.15) is 5.82 Å². The van der Waals surface area contributed by atoms with Crippen LogP contribution in [0, 0.1) is 11.2 Å². The zero-order chi connectivity index (χ0) is 12.9. The molecule has 0 saturated heterocycles. The first-order valence-corrected chi connectivity index (χ1v) is 6.66. The van der Waals surface area contributed by atoms with Crippen molar-refractivity contribution < 1.29 is 9.50 Å². The minimum atomic E-state index is -0.265. The Balaban J connectivity index is 2.75. The summed E-state index contributed by atoms with van der Waals surface area (Å²) in [7, 11) is 0. The van der Waals surface area contributed by atoms with Gasteiger partial charge in [-0.3, -0.25) is 0 Å². The van der Waals surface area contributed by atoms with Crippen LogP contribution in [0.5, 0.6) is 0 Å². The highest BCUT2D eigenvalue weighted by Crippen LogP contribution is 2.29. The van der Waals surface area contributed by atoms with Crippen LogP contribution in [-0.4, -0.2) is 18.3 Å². The van der Waals surface area contributed by atoms with Crippen molar-refractivity contribution in [1.29, 1.82) is 0 Å². The summed E-state index contributed by atoms with van der Waals surface area (Å²) in [5, 5.41) is 12.7. The molecule has 1 aromatic carbocycles. The van der Waals surface area contributed by atoms with E-state index in [2.05, 4.69) is 35.1 Å². The van der Waals surface area contributed by atoms with Crippen LogP contribution < -0.4 is 5.32 Å². The van der Waals surface area contributed by atoms with E-state index in [9.17, 15) is 9.50 Å². The number of nitrogens with one attached hydrogen (secondary N) is 1. The van der Waals surface area contributed by atoms with E-state index in [0.29, 0.717) is 6.54 Å². The summed E-state index contributed by atoms with van der Waals surface area (Å²) in [5.74, 6) is -0.265. The second-order valence-electron chi connectivity index (χ2n) is 4.34. The predicted octanol–water partition coefficient (Wildman–Crippen LogP) is 3.80. The molecule has 4 heteroatoms. The monoisotopic (exact) mass is 303 g/mol. The van der Waals surface area contributed by atoms with Crippen LogP contribution in [0.15, 0.2) is 22.7 Å². The Morgan fingerprint density at radius 2 is 2.00 bits per heavy atom. The van der Waals surface area contributed by atoms with E-state index in [1.54, 1.807) is 6.07 Å². The third-order valence-electron chi connectivity index (χ3n) is 3.42. The van der Waals surface area contributed by atoms with Crippen LogP contribution in [-0.2, 0) is 0 Å². The third-order valence-corrected chi connectivity index (χ3v) is 4.11. The molecule has 0 saturated carbocycles. The Labute approximate surface area is 110 Å². The minimum absolute atomic E-state index is 0.133. The first-order valence-electron chi connectivity index (χ1n) is 5.86. The topological polar surface area (TPSA) is 32.3 Å². The number of aliphatic hydroxyl groups excluding tert-OH is 1. The van der Waals surface area contributed by atoms with Crippen molar-refractivity contribution in [2.45, 2.75) is 26.7 Å². The summed E-state index contributed by atoms with van der Waals surface area (Å²) >= 11 is 3.37. The van der Waals surface area contributed by atoms with Gasteiger partial charge in [0.15, 0.2) is 0 Å². The van der Waals surface area contributed by atoms with Crippen molar-refractivity contribution >= 4 is 21.6 Å². The number of aliphatic hydroxyl groups is 1. The molecule has 2 N–H and O–H groups in total. The van der Waals surface area contributed by atoms with Gasteiger partial charge in [-0.05, 0) is 47.0 Å². The number of rotatable bonds is 6. The van der Waals surface area contributed by atoms with Gasteiger partial charge in [-0.15, -0.1) is 0 Å². The van der Waals surface area contributed by atoms with Crippen molar-refractivity contribution in [3.63, 3.8) is 0 Å². The highest BCUT2D eigenvalue weighted by atomic mass is 79.9. The summed E-state index contributed by atoms with van der Waals surface area (Å²) in [6, 6.07) is 4.54. The van der Waals surface area contributed by atoms with E-state index >= 15 is 0 Å². The van der Waals surface area contributed by atoms with Gasteiger partial charge >= 0.3 is 0 Å². The molecule has 0 amide bonds. The molecule has 0 heterocycles. The highest BCUT2D eigenvalue weighted by molar-refractivity contribution is 9.10. The fourth-order valence-corrected chi connectivity index (χ4v) is 2.08. The van der Waals surface area contributed by atoms with Gasteiger partial charge in [-0.1, -0.05) is 13.8 Å². The van der Waals surface area contributed by atoms with Crippen molar-refractivity contribution in [2.75, 3.05) is 18.5 Å². The number of anilines is 1. The van der Waals surface area contributed by atoms with Crippen LogP contribution >= 0.6 is 15.9 Å². The van der Waals surface area contributed by atoms with Gasteiger partial charge in [0.2, 0.25) is 0 Å². The molecule has 2 nitrogen and oxygen atoms in total. The summed E-state index contributed by atoms with van der Waals surface area (Å²) in [4.78, 5) is 0. The van der Waals surface area contributed by atoms with Crippen LogP contribution in [0.25, 0.3) is 0 Å². The fourth-order valence-electron chi connectivity index (χ4n) is 1.70. The van der Waals surface area contributed by atoms with Crippen molar-refractivity contribution in [3.8, 4) is 0 Å². The predicted molar refractivity (Wildman–Crippen MR) is 72.7 cm³/mol. The zero-order valence-corrected chi connectivity index (χ0v) is 11.8. The molecule has 0 fully saturated rings. The Hall–Kier alpha value is -0.610. The van der Waals surface area contributed by atoms with Gasteiger partial charge < -0.3 is 10.4 Å². The Bertz CT molecular complexity index is 358. The number of halogens is 2. The van der Waals surface area contributed by atoms with Crippen molar-refractivity contribution in [1.82, 2.24) is 0 Å². The second-order valence-corrected chi connectivity index (χ2v) is 5.20. The molecular weight excluding hydrogens is 285 g/mol. The van der Waals surface area contributed by atoms with Gasteiger partial charge in [-0.25, -0.2) is 4.39 Å². The number of hydrogen-bond acceptors (Lipinski definition) is 2. The molecule has 0 aliphatic carbocycles. The van der Waals surface area contributed by atoms with Crippen LogP contribution in [0.1, 0.15) is 26.7 Å². The normalized spacial score (nSPS) is 11.6. The maximum absolute atomic E-state index is 13.1. The summed E-state index contributed by atoms with van der Waals surface area (Å²) in [6.45, 7) is 4.89. The average molecular weight is 304 g/mol. The number of hydrogen-bond donors (Lipinski definition) is 2. The molecule has 0 aromatic heterocycles. The lowest BCUT2D eigenvalue weighted by atomic mass is 9.83. The fraction of sp³-hybridized carbons (Fsp3) is 0.538. The molecule has 96 valence electrons. The smallest absolute Gasteiger partial charge is 0.125 e. The Morgan fingerprint density at radius 1 is 1.35 bits per heavy atom. The van der Waals surface area contributed by atoms with Gasteiger partial charge in [0.05, 0.1) is 12.3 Å². The van der Waals surface area contributed by atoms with Crippen LogP contribution in [0.3, 0.4) is 0 Å². The first-order chi connectivity index (χ1) is 8.06. The lowest BCUT2D eigenvalue weighted by Crippen LogP contribution is -2.32. The maximum Gasteiger partial charge on any atom is 0.125 e. The van der Waals surface area contributed by atoms with E-state index in [0.717, 1.165) is 23.0 Å². The Kier molecular flexibility index (Phi) is 5.40. The maximum atomic E-state index is 13.1. The molecule has 0 aliphatic heterocycles. The molecule has 0 spiro atoms. The molecule has 0 unspecified atom stereocenters. The van der Waals surface area contributed by atoms with E-state index in [1.807, 2.05) is 0 Å². The lowest BCUT2D eigenvalue weighted by Gasteiger charge is -2.30. The molecule has 0 bridgehead atoms. The van der Waals surface area contributed by atoms with Crippen molar-refractivity contribution in [3.05, 3.63) is 28.5 Å². The molecule has 0 radical (unpaired) electrons. The average Bonchev–Trinajstić information content (AvgIpc) is 2.35. The largest absolute Gasteiger partial charge is 0.396 e. The van der Waals surface area contributed by atoms with Gasteiger partial charge in [0, 0.05) is 16.4 Å². The van der Waals surface area contributed by atoms with Gasteiger partial charge in [-0.2, -0.15) is 0 Å². The molecular formula is C13H19BrFNO. The molecule has 17 heavy (non-hydrogen) atoms. The van der Waals surface area contributed by atoms with E-state index in [1.165, 1.54) is 12.1 Å². The summed E-state index contributed by atoms with van der Waals surface area (Å²) < 4.78 is 13.9. The van der Waals surface area contributed by atoms with E-state index < -0.39 is 0 Å². The molecule has 1 rings (SSSR count). The Morgan fingerprint density at radius 3 is 2.53 bits per heavy atom. The standard InChI is InChI=1S/C13H19BrFNO/c1-3-13(4-2,9-17)8-16-12-7-10(15)5-6-11(12)14/h5-7,16-17H,3-4,8-9H2,1-2H3. The van der Waals surface area contributed by atoms with Gasteiger partial charge in [0.25, 0.3) is 0 Å². The third kappa shape index (κ3) is 3.68. The lowest BCUT2D eigenvalue weighted by molar-refractivity contribution is 0.127. The van der Waals surface area contributed by atoms with Crippen molar-refractivity contribution in [2.24, 2.45) is 5.41 Å². The summed E-state index contributed by atoms with van der Waals surface area (Å²) in [5.41, 5.74) is 0.593. The highest BCUT2D eigenvalue weighted by Gasteiger charge is 2.25. The molecule has 0 aliphatic rings. The molecule has 1 aromatic rings. The summed E-state index contributed by atoms with van der Waals surface area (Å²) in [6.07, 6.45) is 1.78. The molecule has 0 atom stereocenters. The first kappa shape index (κ1) is 14.5. The quantitative estimate of drug-likeness (QED) is 0.838.